The second-order valence-electron chi connectivity index (χ2n) is 3.88. The van der Waals surface area contributed by atoms with Gasteiger partial charge in [0.05, 0.1) is 6.61 Å². The summed E-state index contributed by atoms with van der Waals surface area (Å²) in [4.78, 5) is 0. The van der Waals surface area contributed by atoms with Crippen molar-refractivity contribution in [2.24, 2.45) is 0 Å². The molecule has 0 aromatic heterocycles. The van der Waals surface area contributed by atoms with Gasteiger partial charge in [-0.15, -0.1) is 0 Å². The molecule has 0 fully saturated rings. The zero-order chi connectivity index (χ0) is 12.1. The first-order valence-electron chi connectivity index (χ1n) is 5.40. The molecule has 90 valence electrons. The Balaban J connectivity index is 2.86. The largest absolute Gasteiger partial charge is 0.395 e. The Morgan fingerprint density at radius 2 is 2.06 bits per heavy atom. The SMILES string of the molecule is CCC(N[C@@H](C)CO)c1ccc(Cl)cc1Cl. The number of benzene rings is 1. The highest BCUT2D eigenvalue weighted by molar-refractivity contribution is 6.35. The molecule has 0 aliphatic heterocycles. The standard InChI is InChI=1S/C12H17Cl2NO/c1-3-12(15-8(2)7-16)10-5-4-9(13)6-11(10)14/h4-6,8,12,15-16H,3,7H2,1-2H3/t8-,12?/m0/s1. The minimum atomic E-state index is 0.0525. The van der Waals surface area contributed by atoms with E-state index in [9.17, 15) is 0 Å². The van der Waals surface area contributed by atoms with Crippen LogP contribution in [0, 0.1) is 0 Å². The Morgan fingerprint density at radius 1 is 1.38 bits per heavy atom. The first-order valence-corrected chi connectivity index (χ1v) is 6.16. The van der Waals surface area contributed by atoms with Crippen LogP contribution in [0.5, 0.6) is 0 Å². The number of rotatable bonds is 5. The smallest absolute Gasteiger partial charge is 0.0582 e. The summed E-state index contributed by atoms with van der Waals surface area (Å²) in [5.74, 6) is 0. The monoisotopic (exact) mass is 261 g/mol. The third kappa shape index (κ3) is 3.63. The predicted octanol–water partition coefficient (Wildman–Crippen LogP) is 3.41. The zero-order valence-corrected chi connectivity index (χ0v) is 11.0. The van der Waals surface area contributed by atoms with E-state index in [0.29, 0.717) is 10.0 Å². The molecule has 0 bridgehead atoms. The number of hydrogen-bond donors (Lipinski definition) is 2. The highest BCUT2D eigenvalue weighted by Crippen LogP contribution is 2.28. The molecule has 1 aromatic carbocycles. The van der Waals surface area contributed by atoms with Crippen molar-refractivity contribution in [2.45, 2.75) is 32.4 Å². The van der Waals surface area contributed by atoms with E-state index in [4.69, 9.17) is 28.3 Å². The maximum atomic E-state index is 9.02. The lowest BCUT2D eigenvalue weighted by molar-refractivity contribution is 0.239. The second-order valence-corrected chi connectivity index (χ2v) is 4.72. The Labute approximate surface area is 107 Å². The lowest BCUT2D eigenvalue weighted by atomic mass is 10.0. The van der Waals surface area contributed by atoms with Crippen LogP contribution in [0.1, 0.15) is 31.9 Å². The van der Waals surface area contributed by atoms with E-state index in [2.05, 4.69) is 12.2 Å². The normalized spacial score (nSPS) is 14.8. The zero-order valence-electron chi connectivity index (χ0n) is 9.50. The van der Waals surface area contributed by atoms with Crippen LogP contribution in [-0.2, 0) is 0 Å². The predicted molar refractivity (Wildman–Crippen MR) is 69.2 cm³/mol. The number of aliphatic hydroxyl groups excluding tert-OH is 1. The fourth-order valence-electron chi connectivity index (χ4n) is 1.61. The van der Waals surface area contributed by atoms with Gasteiger partial charge in [0.25, 0.3) is 0 Å². The summed E-state index contributed by atoms with van der Waals surface area (Å²) in [6.45, 7) is 4.13. The molecule has 2 atom stereocenters. The molecule has 0 saturated carbocycles. The number of halogens is 2. The third-order valence-electron chi connectivity index (χ3n) is 2.51. The minimum absolute atomic E-state index is 0.0525. The molecule has 2 nitrogen and oxygen atoms in total. The minimum Gasteiger partial charge on any atom is -0.395 e. The van der Waals surface area contributed by atoms with Crippen LogP contribution in [0.25, 0.3) is 0 Å². The van der Waals surface area contributed by atoms with Crippen LogP contribution in [0.3, 0.4) is 0 Å². The summed E-state index contributed by atoms with van der Waals surface area (Å²) >= 11 is 12.0. The number of nitrogens with one attached hydrogen (secondary N) is 1. The third-order valence-corrected chi connectivity index (χ3v) is 3.07. The van der Waals surface area contributed by atoms with Crippen LogP contribution < -0.4 is 5.32 Å². The summed E-state index contributed by atoms with van der Waals surface area (Å²) in [7, 11) is 0. The Kier molecular flexibility index (Phi) is 5.56. The van der Waals surface area contributed by atoms with Crippen LogP contribution in [0.15, 0.2) is 18.2 Å². The molecule has 1 aromatic rings. The van der Waals surface area contributed by atoms with Crippen molar-refractivity contribution in [2.75, 3.05) is 6.61 Å². The van der Waals surface area contributed by atoms with Crippen molar-refractivity contribution in [1.29, 1.82) is 0 Å². The average Bonchev–Trinajstić information content (AvgIpc) is 2.26. The molecule has 2 N–H and O–H groups in total. The quantitative estimate of drug-likeness (QED) is 0.852. The fraction of sp³-hybridized carbons (Fsp3) is 0.500. The van der Waals surface area contributed by atoms with Crippen molar-refractivity contribution in [3.05, 3.63) is 33.8 Å². The molecule has 0 spiro atoms. The van der Waals surface area contributed by atoms with Gasteiger partial charge in [0.1, 0.15) is 0 Å². The second kappa shape index (κ2) is 6.45. The van der Waals surface area contributed by atoms with E-state index < -0.39 is 0 Å². The summed E-state index contributed by atoms with van der Waals surface area (Å²) < 4.78 is 0. The van der Waals surface area contributed by atoms with Crippen molar-refractivity contribution in [3.8, 4) is 0 Å². The molecule has 0 aliphatic rings. The van der Waals surface area contributed by atoms with Gasteiger partial charge in [-0.05, 0) is 31.0 Å². The summed E-state index contributed by atoms with van der Waals surface area (Å²) in [6.07, 6.45) is 0.908. The van der Waals surface area contributed by atoms with E-state index in [1.165, 1.54) is 0 Å². The molecule has 4 heteroatoms. The van der Waals surface area contributed by atoms with E-state index in [1.807, 2.05) is 19.1 Å². The maximum Gasteiger partial charge on any atom is 0.0582 e. The first-order chi connectivity index (χ1) is 7.58. The highest BCUT2D eigenvalue weighted by Gasteiger charge is 2.14. The topological polar surface area (TPSA) is 32.3 Å². The molecule has 0 aliphatic carbocycles. The van der Waals surface area contributed by atoms with Crippen LogP contribution in [0.4, 0.5) is 0 Å². The van der Waals surface area contributed by atoms with Gasteiger partial charge in [0.2, 0.25) is 0 Å². The van der Waals surface area contributed by atoms with Crippen LogP contribution in [0.2, 0.25) is 10.0 Å². The van der Waals surface area contributed by atoms with Gasteiger partial charge in [0.15, 0.2) is 0 Å². The number of aliphatic hydroxyl groups is 1. The van der Waals surface area contributed by atoms with Crippen LogP contribution >= 0.6 is 23.2 Å². The summed E-state index contributed by atoms with van der Waals surface area (Å²) in [6, 6.07) is 5.70. The molecule has 0 saturated heterocycles. The summed E-state index contributed by atoms with van der Waals surface area (Å²) in [5, 5.41) is 13.6. The van der Waals surface area contributed by atoms with Crippen molar-refractivity contribution >= 4 is 23.2 Å². The Morgan fingerprint density at radius 3 is 2.56 bits per heavy atom. The van der Waals surface area contributed by atoms with E-state index in [0.717, 1.165) is 12.0 Å². The lowest BCUT2D eigenvalue weighted by Gasteiger charge is -2.22. The van der Waals surface area contributed by atoms with Gasteiger partial charge in [-0.25, -0.2) is 0 Å². The lowest BCUT2D eigenvalue weighted by Crippen LogP contribution is -2.33. The number of hydrogen-bond acceptors (Lipinski definition) is 2. The molecular weight excluding hydrogens is 245 g/mol. The van der Waals surface area contributed by atoms with Crippen LogP contribution in [-0.4, -0.2) is 17.8 Å². The molecule has 0 amide bonds. The van der Waals surface area contributed by atoms with E-state index >= 15 is 0 Å². The van der Waals surface area contributed by atoms with Gasteiger partial charge < -0.3 is 10.4 Å². The summed E-state index contributed by atoms with van der Waals surface area (Å²) in [5.41, 5.74) is 1.02. The van der Waals surface area contributed by atoms with Gasteiger partial charge in [-0.3, -0.25) is 0 Å². The van der Waals surface area contributed by atoms with Gasteiger partial charge in [-0.1, -0.05) is 36.2 Å². The Hall–Kier alpha value is -0.280. The average molecular weight is 262 g/mol. The van der Waals surface area contributed by atoms with Crippen molar-refractivity contribution in [3.63, 3.8) is 0 Å². The van der Waals surface area contributed by atoms with E-state index in [1.54, 1.807) is 6.07 Å². The highest BCUT2D eigenvalue weighted by atomic mass is 35.5. The van der Waals surface area contributed by atoms with Crippen molar-refractivity contribution in [1.82, 2.24) is 5.32 Å². The molecule has 0 radical (unpaired) electrons. The molecule has 1 rings (SSSR count). The molecule has 16 heavy (non-hydrogen) atoms. The van der Waals surface area contributed by atoms with Gasteiger partial charge in [-0.2, -0.15) is 0 Å². The maximum absolute atomic E-state index is 9.02. The Bertz CT molecular complexity index is 344. The molecule has 0 heterocycles. The van der Waals surface area contributed by atoms with Crippen molar-refractivity contribution < 1.29 is 5.11 Å². The van der Waals surface area contributed by atoms with E-state index in [-0.39, 0.29) is 18.7 Å². The molecular formula is C12H17Cl2NO. The van der Waals surface area contributed by atoms with Gasteiger partial charge >= 0.3 is 0 Å². The molecule has 1 unspecified atom stereocenters. The first kappa shape index (κ1) is 13.8. The van der Waals surface area contributed by atoms with Gasteiger partial charge in [0, 0.05) is 22.1 Å². The fourth-order valence-corrected chi connectivity index (χ4v) is 2.15.